The number of amides is 2. The van der Waals surface area contributed by atoms with Gasteiger partial charge in [-0.15, -0.1) is 11.3 Å². The van der Waals surface area contributed by atoms with E-state index in [1.165, 1.54) is 23.1 Å². The lowest BCUT2D eigenvalue weighted by atomic mass is 10.1. The van der Waals surface area contributed by atoms with E-state index < -0.39 is 0 Å². The predicted octanol–water partition coefficient (Wildman–Crippen LogP) is 6.35. The molecule has 0 aliphatic carbocycles. The van der Waals surface area contributed by atoms with Crippen molar-refractivity contribution < 1.29 is 18.7 Å². The van der Waals surface area contributed by atoms with Crippen LogP contribution in [-0.2, 0) is 22.6 Å². The van der Waals surface area contributed by atoms with Crippen molar-refractivity contribution >= 4 is 46.4 Å². The first-order valence-electron chi connectivity index (χ1n) is 11.7. The van der Waals surface area contributed by atoms with Gasteiger partial charge in [0.05, 0.1) is 23.2 Å². The maximum absolute atomic E-state index is 13.7. The van der Waals surface area contributed by atoms with Crippen LogP contribution in [0, 0.1) is 12.7 Å². The number of aryl methyl sites for hydroxylation is 1. The molecule has 1 atom stereocenters. The zero-order valence-electron chi connectivity index (χ0n) is 19.9. The summed E-state index contributed by atoms with van der Waals surface area (Å²) in [7, 11) is 0. The Balaban J connectivity index is 1.57. The number of nitrogens with zero attached hydrogens (tertiary/aromatic N) is 2. The standard InChI is InChI=1S/C27H27Cl2FN2O3S/c1-18-4-10-23(36-18)16-31(14-19-5-8-21(30)9-6-19)26(33)17-32(15-22-3-2-12-35-22)27(34)24-11-7-20(28)13-25(24)29/h4-11,13,22H,2-3,12,14-17H2,1H3/t22-/m1/s1. The molecule has 0 unspecified atom stereocenters. The summed E-state index contributed by atoms with van der Waals surface area (Å²) in [6.45, 7) is 3.47. The van der Waals surface area contributed by atoms with Gasteiger partial charge in [-0.3, -0.25) is 9.59 Å². The Hall–Kier alpha value is -2.45. The predicted molar refractivity (Wildman–Crippen MR) is 141 cm³/mol. The number of hydrogen-bond donors (Lipinski definition) is 0. The Morgan fingerprint density at radius 1 is 1.06 bits per heavy atom. The van der Waals surface area contributed by atoms with Crippen LogP contribution in [0.4, 0.5) is 4.39 Å². The highest BCUT2D eigenvalue weighted by molar-refractivity contribution is 7.11. The molecule has 0 radical (unpaired) electrons. The quantitative estimate of drug-likeness (QED) is 0.313. The van der Waals surface area contributed by atoms with E-state index in [1.54, 1.807) is 40.5 Å². The lowest BCUT2D eigenvalue weighted by Crippen LogP contribution is -2.45. The molecule has 0 spiro atoms. The maximum atomic E-state index is 13.7. The second kappa shape index (κ2) is 12.2. The molecule has 4 rings (SSSR count). The third-order valence-corrected chi connectivity index (χ3v) is 7.54. The fourth-order valence-electron chi connectivity index (χ4n) is 4.15. The minimum absolute atomic E-state index is 0.136. The van der Waals surface area contributed by atoms with E-state index in [0.717, 1.165) is 28.2 Å². The number of benzene rings is 2. The summed E-state index contributed by atoms with van der Waals surface area (Å²) in [5.41, 5.74) is 1.08. The van der Waals surface area contributed by atoms with Crippen molar-refractivity contribution in [3.05, 3.63) is 91.3 Å². The van der Waals surface area contributed by atoms with Gasteiger partial charge in [-0.25, -0.2) is 4.39 Å². The summed E-state index contributed by atoms with van der Waals surface area (Å²) >= 11 is 14.0. The largest absolute Gasteiger partial charge is 0.376 e. The van der Waals surface area contributed by atoms with E-state index in [2.05, 4.69) is 0 Å². The highest BCUT2D eigenvalue weighted by Crippen LogP contribution is 2.24. The number of hydrogen-bond acceptors (Lipinski definition) is 4. The van der Waals surface area contributed by atoms with Gasteiger partial charge < -0.3 is 14.5 Å². The number of thiophene rings is 1. The van der Waals surface area contributed by atoms with Crippen molar-refractivity contribution in [3.8, 4) is 0 Å². The van der Waals surface area contributed by atoms with Crippen LogP contribution in [-0.4, -0.2) is 47.4 Å². The molecule has 2 amide bonds. The Kier molecular flexibility index (Phi) is 9.01. The van der Waals surface area contributed by atoms with Crippen LogP contribution in [0.5, 0.6) is 0 Å². The van der Waals surface area contributed by atoms with Crippen LogP contribution in [0.3, 0.4) is 0 Å². The molecule has 1 aliphatic rings. The molecule has 36 heavy (non-hydrogen) atoms. The van der Waals surface area contributed by atoms with Gasteiger partial charge in [0, 0.05) is 34.5 Å². The van der Waals surface area contributed by atoms with Crippen LogP contribution >= 0.6 is 34.5 Å². The minimum Gasteiger partial charge on any atom is -0.376 e. The zero-order valence-corrected chi connectivity index (χ0v) is 22.2. The zero-order chi connectivity index (χ0) is 25.7. The minimum atomic E-state index is -0.353. The summed E-state index contributed by atoms with van der Waals surface area (Å²) in [6, 6.07) is 14.8. The van der Waals surface area contributed by atoms with E-state index in [-0.39, 0.29) is 47.4 Å². The second-order valence-electron chi connectivity index (χ2n) is 8.83. The van der Waals surface area contributed by atoms with Crippen molar-refractivity contribution in [2.45, 2.75) is 39.0 Å². The molecule has 2 aromatic carbocycles. The van der Waals surface area contributed by atoms with Crippen LogP contribution in [0.25, 0.3) is 0 Å². The van der Waals surface area contributed by atoms with Crippen molar-refractivity contribution in [3.63, 3.8) is 0 Å². The van der Waals surface area contributed by atoms with Crippen LogP contribution in [0.2, 0.25) is 10.0 Å². The average molecular weight is 549 g/mol. The van der Waals surface area contributed by atoms with Gasteiger partial charge in [0.25, 0.3) is 5.91 Å². The number of rotatable bonds is 9. The molecule has 5 nitrogen and oxygen atoms in total. The van der Waals surface area contributed by atoms with Crippen LogP contribution < -0.4 is 0 Å². The van der Waals surface area contributed by atoms with E-state index in [1.807, 2.05) is 19.1 Å². The Labute approximate surface area is 224 Å². The third kappa shape index (κ3) is 7.07. The molecule has 190 valence electrons. The molecule has 0 saturated carbocycles. The van der Waals surface area contributed by atoms with Gasteiger partial charge in [-0.2, -0.15) is 0 Å². The highest BCUT2D eigenvalue weighted by atomic mass is 35.5. The molecule has 9 heteroatoms. The van der Waals surface area contributed by atoms with E-state index in [0.29, 0.717) is 24.7 Å². The van der Waals surface area contributed by atoms with Crippen molar-refractivity contribution in [2.75, 3.05) is 19.7 Å². The van der Waals surface area contributed by atoms with Crippen LogP contribution in [0.1, 0.15) is 38.5 Å². The summed E-state index contributed by atoms with van der Waals surface area (Å²) in [4.78, 5) is 32.5. The summed E-state index contributed by atoms with van der Waals surface area (Å²) in [5.74, 6) is -0.908. The van der Waals surface area contributed by atoms with Gasteiger partial charge in [-0.05, 0) is 67.8 Å². The van der Waals surface area contributed by atoms with Gasteiger partial charge in [0.1, 0.15) is 12.4 Å². The van der Waals surface area contributed by atoms with Crippen LogP contribution in [0.15, 0.2) is 54.6 Å². The topological polar surface area (TPSA) is 49.9 Å². The molecule has 0 bridgehead atoms. The number of carbonyl (C=O) groups is 2. The average Bonchev–Trinajstić information content (AvgIpc) is 3.50. The molecule has 1 aromatic heterocycles. The molecule has 1 fully saturated rings. The summed E-state index contributed by atoms with van der Waals surface area (Å²) in [5, 5.41) is 0.657. The Morgan fingerprint density at radius 2 is 1.83 bits per heavy atom. The fraction of sp³-hybridized carbons (Fsp3) is 0.333. The Bertz CT molecular complexity index is 1210. The molecular formula is C27H27Cl2FN2O3S. The first-order valence-corrected chi connectivity index (χ1v) is 13.3. The lowest BCUT2D eigenvalue weighted by molar-refractivity contribution is -0.133. The first kappa shape index (κ1) is 26.6. The maximum Gasteiger partial charge on any atom is 0.255 e. The monoisotopic (exact) mass is 548 g/mol. The van der Waals surface area contributed by atoms with E-state index in [9.17, 15) is 14.0 Å². The smallest absolute Gasteiger partial charge is 0.255 e. The van der Waals surface area contributed by atoms with Gasteiger partial charge in [-0.1, -0.05) is 35.3 Å². The molecule has 1 aliphatic heterocycles. The van der Waals surface area contributed by atoms with Gasteiger partial charge in [0.15, 0.2) is 0 Å². The van der Waals surface area contributed by atoms with E-state index >= 15 is 0 Å². The summed E-state index contributed by atoms with van der Waals surface area (Å²) < 4.78 is 19.2. The lowest BCUT2D eigenvalue weighted by Gasteiger charge is -2.29. The summed E-state index contributed by atoms with van der Waals surface area (Å²) in [6.07, 6.45) is 1.59. The number of carbonyl (C=O) groups excluding carboxylic acids is 2. The van der Waals surface area contributed by atoms with Gasteiger partial charge >= 0.3 is 0 Å². The number of ether oxygens (including phenoxy) is 1. The fourth-order valence-corrected chi connectivity index (χ4v) is 5.55. The normalized spacial score (nSPS) is 15.2. The molecule has 1 saturated heterocycles. The molecule has 0 N–H and O–H groups in total. The number of halogens is 3. The third-order valence-electron chi connectivity index (χ3n) is 6.00. The molecule has 2 heterocycles. The highest BCUT2D eigenvalue weighted by Gasteiger charge is 2.28. The first-order chi connectivity index (χ1) is 17.3. The van der Waals surface area contributed by atoms with Crippen molar-refractivity contribution in [2.24, 2.45) is 0 Å². The molecular weight excluding hydrogens is 522 g/mol. The Morgan fingerprint density at radius 3 is 2.47 bits per heavy atom. The second-order valence-corrected chi connectivity index (χ2v) is 11.0. The van der Waals surface area contributed by atoms with E-state index in [4.69, 9.17) is 27.9 Å². The SMILES string of the molecule is Cc1ccc(CN(Cc2ccc(F)cc2)C(=O)CN(C[C@H]2CCCO2)C(=O)c2ccc(Cl)cc2Cl)s1. The van der Waals surface area contributed by atoms with Crippen molar-refractivity contribution in [1.29, 1.82) is 0 Å². The van der Waals surface area contributed by atoms with Gasteiger partial charge in [0.2, 0.25) is 5.91 Å². The molecule has 3 aromatic rings. The van der Waals surface area contributed by atoms with Crippen molar-refractivity contribution in [1.82, 2.24) is 9.80 Å².